The van der Waals surface area contributed by atoms with Gasteiger partial charge in [0.15, 0.2) is 0 Å². The summed E-state index contributed by atoms with van der Waals surface area (Å²) in [5.74, 6) is 0.546. The van der Waals surface area contributed by atoms with E-state index in [4.69, 9.17) is 4.74 Å². The van der Waals surface area contributed by atoms with E-state index in [2.05, 4.69) is 6.92 Å². The van der Waals surface area contributed by atoms with Crippen molar-refractivity contribution >= 4 is 5.97 Å². The van der Waals surface area contributed by atoms with Gasteiger partial charge in [0.2, 0.25) is 0 Å². The van der Waals surface area contributed by atoms with Crippen molar-refractivity contribution in [3.05, 3.63) is 5.92 Å². The zero-order valence-corrected chi connectivity index (χ0v) is 6.94. The van der Waals surface area contributed by atoms with E-state index in [1.165, 1.54) is 0 Å². The highest BCUT2D eigenvalue weighted by Gasteiger charge is 2.07. The predicted molar refractivity (Wildman–Crippen MR) is 40.5 cm³/mol. The van der Waals surface area contributed by atoms with Crippen molar-refractivity contribution in [2.75, 3.05) is 6.61 Å². The molecular formula is C8H15O2. The zero-order valence-electron chi connectivity index (χ0n) is 6.94. The first kappa shape index (κ1) is 9.47. The Labute approximate surface area is 62.6 Å². The van der Waals surface area contributed by atoms with E-state index in [1.54, 1.807) is 13.8 Å². The smallest absolute Gasteiger partial charge is 0.312 e. The molecule has 59 valence electrons. The Kier molecular flexibility index (Phi) is 4.99. The SMILES string of the molecule is CCCCOC(=O)[C](C)C. The third-order valence-corrected chi connectivity index (χ3v) is 1.14. The molecule has 2 nitrogen and oxygen atoms in total. The Bertz CT molecular complexity index is 97.4. The summed E-state index contributed by atoms with van der Waals surface area (Å²) in [4.78, 5) is 10.8. The van der Waals surface area contributed by atoms with Crippen LogP contribution in [0.2, 0.25) is 0 Å². The van der Waals surface area contributed by atoms with Crippen LogP contribution in [-0.4, -0.2) is 12.6 Å². The Hall–Kier alpha value is -0.530. The fourth-order valence-electron chi connectivity index (χ4n) is 0.454. The van der Waals surface area contributed by atoms with Crippen molar-refractivity contribution in [1.82, 2.24) is 0 Å². The van der Waals surface area contributed by atoms with Gasteiger partial charge in [0.05, 0.1) is 12.5 Å². The fraction of sp³-hybridized carbons (Fsp3) is 0.750. The van der Waals surface area contributed by atoms with Gasteiger partial charge < -0.3 is 4.74 Å². The van der Waals surface area contributed by atoms with Crippen LogP contribution in [0.25, 0.3) is 0 Å². The first-order chi connectivity index (χ1) is 4.68. The van der Waals surface area contributed by atoms with Gasteiger partial charge in [0, 0.05) is 0 Å². The highest BCUT2D eigenvalue weighted by atomic mass is 16.5. The minimum absolute atomic E-state index is 0.173. The van der Waals surface area contributed by atoms with Crippen LogP contribution >= 0.6 is 0 Å². The van der Waals surface area contributed by atoms with E-state index >= 15 is 0 Å². The van der Waals surface area contributed by atoms with E-state index in [1.807, 2.05) is 0 Å². The van der Waals surface area contributed by atoms with Crippen LogP contribution in [0.3, 0.4) is 0 Å². The van der Waals surface area contributed by atoms with Gasteiger partial charge >= 0.3 is 5.97 Å². The average molecular weight is 143 g/mol. The van der Waals surface area contributed by atoms with Crippen molar-refractivity contribution < 1.29 is 9.53 Å². The van der Waals surface area contributed by atoms with Crippen LogP contribution in [-0.2, 0) is 9.53 Å². The largest absolute Gasteiger partial charge is 0.465 e. The molecule has 0 saturated carbocycles. The van der Waals surface area contributed by atoms with Crippen molar-refractivity contribution in [3.8, 4) is 0 Å². The second-order valence-corrected chi connectivity index (χ2v) is 2.49. The summed E-state index contributed by atoms with van der Waals surface area (Å²) in [5, 5.41) is 0. The number of carbonyl (C=O) groups excluding carboxylic acids is 1. The number of ether oxygens (including phenoxy) is 1. The normalized spacial score (nSPS) is 10.0. The summed E-state index contributed by atoms with van der Waals surface area (Å²) >= 11 is 0. The molecule has 10 heavy (non-hydrogen) atoms. The lowest BCUT2D eigenvalue weighted by atomic mass is 10.2. The van der Waals surface area contributed by atoms with Gasteiger partial charge in [-0.15, -0.1) is 0 Å². The van der Waals surface area contributed by atoms with E-state index in [9.17, 15) is 4.79 Å². The number of carbonyl (C=O) groups is 1. The Morgan fingerprint density at radius 3 is 2.40 bits per heavy atom. The maximum atomic E-state index is 10.8. The van der Waals surface area contributed by atoms with Crippen LogP contribution in [0.4, 0.5) is 0 Å². The van der Waals surface area contributed by atoms with E-state index in [0.717, 1.165) is 18.8 Å². The molecule has 0 aromatic rings. The highest BCUT2D eigenvalue weighted by molar-refractivity contribution is 5.83. The van der Waals surface area contributed by atoms with Crippen molar-refractivity contribution in [3.63, 3.8) is 0 Å². The molecule has 0 aliphatic heterocycles. The van der Waals surface area contributed by atoms with Gasteiger partial charge in [-0.25, -0.2) is 0 Å². The topological polar surface area (TPSA) is 26.3 Å². The zero-order chi connectivity index (χ0) is 7.98. The number of hydrogen-bond donors (Lipinski definition) is 0. The van der Waals surface area contributed by atoms with Crippen LogP contribution in [0.5, 0.6) is 0 Å². The summed E-state index contributed by atoms with van der Waals surface area (Å²) in [7, 11) is 0. The molecule has 0 saturated heterocycles. The molecule has 2 heteroatoms. The lowest BCUT2D eigenvalue weighted by molar-refractivity contribution is -0.141. The molecule has 0 spiro atoms. The lowest BCUT2D eigenvalue weighted by Crippen LogP contribution is -2.10. The fourth-order valence-corrected chi connectivity index (χ4v) is 0.454. The van der Waals surface area contributed by atoms with Crippen molar-refractivity contribution in [2.24, 2.45) is 0 Å². The first-order valence-corrected chi connectivity index (χ1v) is 3.65. The van der Waals surface area contributed by atoms with Gasteiger partial charge in [0.1, 0.15) is 0 Å². The van der Waals surface area contributed by atoms with Gasteiger partial charge in [-0.05, 0) is 20.3 Å². The lowest BCUT2D eigenvalue weighted by Gasteiger charge is -2.04. The molecule has 0 aliphatic rings. The van der Waals surface area contributed by atoms with Gasteiger partial charge in [-0.1, -0.05) is 13.3 Å². The molecule has 0 N–H and O–H groups in total. The standard InChI is InChI=1S/C8H15O2/c1-4-5-6-10-8(9)7(2)3/h4-6H2,1-3H3. The summed E-state index contributed by atoms with van der Waals surface area (Å²) in [5.41, 5.74) is 0. The second-order valence-electron chi connectivity index (χ2n) is 2.49. The summed E-state index contributed by atoms with van der Waals surface area (Å²) in [6.07, 6.45) is 2.02. The third kappa shape index (κ3) is 4.36. The van der Waals surface area contributed by atoms with Crippen molar-refractivity contribution in [2.45, 2.75) is 33.6 Å². The van der Waals surface area contributed by atoms with Crippen LogP contribution in [0.15, 0.2) is 0 Å². The molecule has 0 aromatic heterocycles. The molecule has 0 bridgehead atoms. The number of unbranched alkanes of at least 4 members (excludes halogenated alkanes) is 1. The number of rotatable bonds is 4. The Balaban J connectivity index is 3.22. The van der Waals surface area contributed by atoms with E-state index in [0.29, 0.717) is 6.61 Å². The van der Waals surface area contributed by atoms with Crippen LogP contribution in [0.1, 0.15) is 33.6 Å². The highest BCUT2D eigenvalue weighted by Crippen LogP contribution is 1.99. The predicted octanol–water partition coefficient (Wildman–Crippen LogP) is 1.94. The monoisotopic (exact) mass is 143 g/mol. The molecule has 1 radical (unpaired) electrons. The third-order valence-electron chi connectivity index (χ3n) is 1.14. The van der Waals surface area contributed by atoms with E-state index in [-0.39, 0.29) is 5.97 Å². The summed E-state index contributed by atoms with van der Waals surface area (Å²) in [6, 6.07) is 0. The Morgan fingerprint density at radius 1 is 1.40 bits per heavy atom. The number of esters is 1. The van der Waals surface area contributed by atoms with Gasteiger partial charge in [0.25, 0.3) is 0 Å². The van der Waals surface area contributed by atoms with Gasteiger partial charge in [-0.2, -0.15) is 0 Å². The average Bonchev–Trinajstić information content (AvgIpc) is 1.88. The molecule has 0 aliphatic carbocycles. The molecule has 0 fully saturated rings. The van der Waals surface area contributed by atoms with Crippen LogP contribution in [0, 0.1) is 5.92 Å². The van der Waals surface area contributed by atoms with Crippen molar-refractivity contribution in [1.29, 1.82) is 0 Å². The minimum Gasteiger partial charge on any atom is -0.465 e. The molecule has 0 unspecified atom stereocenters. The maximum Gasteiger partial charge on any atom is 0.312 e. The van der Waals surface area contributed by atoms with Gasteiger partial charge in [-0.3, -0.25) is 4.79 Å². The van der Waals surface area contributed by atoms with Crippen LogP contribution < -0.4 is 0 Å². The quantitative estimate of drug-likeness (QED) is 0.444. The summed E-state index contributed by atoms with van der Waals surface area (Å²) < 4.78 is 4.87. The molecule has 0 heterocycles. The maximum absolute atomic E-state index is 10.8. The minimum atomic E-state index is -0.173. The molecule has 0 rings (SSSR count). The first-order valence-electron chi connectivity index (χ1n) is 3.65. The Morgan fingerprint density at radius 2 is 2.00 bits per heavy atom. The molecule has 0 atom stereocenters. The number of hydrogen-bond acceptors (Lipinski definition) is 2. The molecular weight excluding hydrogens is 128 g/mol. The van der Waals surface area contributed by atoms with E-state index < -0.39 is 0 Å². The molecule has 0 amide bonds. The summed E-state index contributed by atoms with van der Waals surface area (Å²) in [6.45, 7) is 6.14. The second kappa shape index (κ2) is 5.27. The molecule has 0 aromatic carbocycles.